The molecule has 0 aliphatic carbocycles. The summed E-state index contributed by atoms with van der Waals surface area (Å²) in [6.45, 7) is 8.78. The van der Waals surface area contributed by atoms with Gasteiger partial charge in [-0.25, -0.2) is 0 Å². The van der Waals surface area contributed by atoms with Gasteiger partial charge in [0.1, 0.15) is 5.82 Å². The Kier molecular flexibility index (Phi) is 8.47. The van der Waals surface area contributed by atoms with Crippen molar-refractivity contribution in [1.29, 1.82) is 0 Å². The van der Waals surface area contributed by atoms with Crippen LogP contribution < -0.4 is 5.73 Å². The minimum Gasteiger partial charge on any atom is -0.382 e. The minimum absolute atomic E-state index is 0.566. The Labute approximate surface area is 104 Å². The first-order valence-electron chi connectivity index (χ1n) is 6.17. The smallest absolute Gasteiger partial charge is 0.145 e. The second-order valence-electron chi connectivity index (χ2n) is 2.92. The largest absolute Gasteiger partial charge is 0.382 e. The predicted molar refractivity (Wildman–Crippen MR) is 74.9 cm³/mol. The van der Waals surface area contributed by atoms with Crippen LogP contribution in [0.4, 0.5) is 5.82 Å². The highest BCUT2D eigenvalue weighted by Crippen LogP contribution is 2.03. The molecule has 1 aromatic heterocycles. The monoisotopic (exact) mass is 233 g/mol. The average Bonchev–Trinajstić information content (AvgIpc) is 2.81. The van der Waals surface area contributed by atoms with E-state index >= 15 is 0 Å². The summed E-state index contributed by atoms with van der Waals surface area (Å²) < 4.78 is 1.82. The van der Waals surface area contributed by atoms with Crippen molar-refractivity contribution in [3.05, 3.63) is 48.2 Å². The SMILES string of the molecule is CC.CC.Nc1ccn(Cc2ccccc2)n1. The third-order valence-electron chi connectivity index (χ3n) is 1.85. The van der Waals surface area contributed by atoms with Gasteiger partial charge in [-0.1, -0.05) is 58.0 Å². The van der Waals surface area contributed by atoms with Crippen LogP contribution in [0.25, 0.3) is 0 Å². The van der Waals surface area contributed by atoms with Crippen LogP contribution in [0.3, 0.4) is 0 Å². The van der Waals surface area contributed by atoms with Crippen molar-refractivity contribution < 1.29 is 0 Å². The number of hydrogen-bond donors (Lipinski definition) is 1. The lowest BCUT2D eigenvalue weighted by atomic mass is 10.2. The lowest BCUT2D eigenvalue weighted by Gasteiger charge is -2.00. The summed E-state index contributed by atoms with van der Waals surface area (Å²) in [5.74, 6) is 0.566. The van der Waals surface area contributed by atoms with Crippen LogP contribution in [0.5, 0.6) is 0 Å². The number of nitrogens with zero attached hydrogens (tertiary/aromatic N) is 2. The average molecular weight is 233 g/mol. The van der Waals surface area contributed by atoms with Gasteiger partial charge in [0.25, 0.3) is 0 Å². The molecule has 2 N–H and O–H groups in total. The Morgan fingerprint density at radius 1 is 1.00 bits per heavy atom. The number of anilines is 1. The van der Waals surface area contributed by atoms with E-state index < -0.39 is 0 Å². The Hall–Kier alpha value is -1.77. The number of aromatic nitrogens is 2. The molecule has 2 aromatic rings. The molecule has 0 bridgehead atoms. The normalized spacial score (nSPS) is 8.47. The molecule has 0 saturated heterocycles. The van der Waals surface area contributed by atoms with Gasteiger partial charge in [0, 0.05) is 6.20 Å². The van der Waals surface area contributed by atoms with E-state index in [-0.39, 0.29) is 0 Å². The molecule has 0 spiro atoms. The lowest BCUT2D eigenvalue weighted by Crippen LogP contribution is -2.00. The van der Waals surface area contributed by atoms with E-state index in [1.54, 1.807) is 6.07 Å². The molecule has 0 fully saturated rings. The van der Waals surface area contributed by atoms with E-state index in [1.165, 1.54) is 5.56 Å². The summed E-state index contributed by atoms with van der Waals surface area (Å²) in [7, 11) is 0. The maximum atomic E-state index is 5.50. The number of nitrogen functional groups attached to an aromatic ring is 1. The Bertz CT molecular complexity index is 379. The molecule has 0 radical (unpaired) electrons. The van der Waals surface area contributed by atoms with Crippen molar-refractivity contribution in [2.45, 2.75) is 34.2 Å². The molecule has 3 nitrogen and oxygen atoms in total. The van der Waals surface area contributed by atoms with E-state index in [1.807, 2.05) is 56.8 Å². The summed E-state index contributed by atoms with van der Waals surface area (Å²) in [5.41, 5.74) is 6.73. The molecule has 1 heterocycles. The van der Waals surface area contributed by atoms with E-state index in [0.29, 0.717) is 5.82 Å². The van der Waals surface area contributed by atoms with Crippen molar-refractivity contribution in [3.8, 4) is 0 Å². The maximum absolute atomic E-state index is 5.50. The molecule has 2 rings (SSSR count). The number of rotatable bonds is 2. The first kappa shape index (κ1) is 15.2. The van der Waals surface area contributed by atoms with Crippen molar-refractivity contribution in [2.75, 3.05) is 5.73 Å². The third kappa shape index (κ3) is 5.76. The van der Waals surface area contributed by atoms with Gasteiger partial charge in [-0.05, 0) is 11.6 Å². The van der Waals surface area contributed by atoms with E-state index in [0.717, 1.165) is 6.54 Å². The van der Waals surface area contributed by atoms with Crippen LogP contribution in [0.15, 0.2) is 42.6 Å². The van der Waals surface area contributed by atoms with Gasteiger partial charge in [-0.2, -0.15) is 5.10 Å². The van der Waals surface area contributed by atoms with Gasteiger partial charge < -0.3 is 5.73 Å². The molecule has 0 atom stereocenters. The second-order valence-corrected chi connectivity index (χ2v) is 2.92. The lowest BCUT2D eigenvalue weighted by molar-refractivity contribution is 0.690. The summed E-state index contributed by atoms with van der Waals surface area (Å²) in [4.78, 5) is 0. The van der Waals surface area contributed by atoms with Gasteiger partial charge in [0.2, 0.25) is 0 Å². The molecule has 0 saturated carbocycles. The van der Waals surface area contributed by atoms with Gasteiger partial charge in [0.15, 0.2) is 0 Å². The van der Waals surface area contributed by atoms with Crippen LogP contribution in [0.2, 0.25) is 0 Å². The van der Waals surface area contributed by atoms with Crippen LogP contribution in [-0.2, 0) is 6.54 Å². The fraction of sp³-hybridized carbons (Fsp3) is 0.357. The zero-order valence-corrected chi connectivity index (χ0v) is 11.2. The number of hydrogen-bond acceptors (Lipinski definition) is 2. The molecular formula is C14H23N3. The molecule has 0 unspecified atom stereocenters. The van der Waals surface area contributed by atoms with Crippen molar-refractivity contribution in [2.24, 2.45) is 0 Å². The molecule has 3 heteroatoms. The van der Waals surface area contributed by atoms with Gasteiger partial charge in [-0.3, -0.25) is 4.68 Å². The zero-order chi connectivity index (χ0) is 13.1. The Morgan fingerprint density at radius 2 is 1.59 bits per heavy atom. The highest BCUT2D eigenvalue weighted by Gasteiger charge is 1.95. The van der Waals surface area contributed by atoms with E-state index in [2.05, 4.69) is 17.2 Å². The van der Waals surface area contributed by atoms with Crippen molar-refractivity contribution in [3.63, 3.8) is 0 Å². The molecule has 94 valence electrons. The highest BCUT2D eigenvalue weighted by atomic mass is 15.3. The second kappa shape index (κ2) is 9.46. The predicted octanol–water partition coefficient (Wildman–Crippen LogP) is 3.57. The fourth-order valence-corrected chi connectivity index (χ4v) is 1.24. The molecule has 0 amide bonds. The topological polar surface area (TPSA) is 43.8 Å². The van der Waals surface area contributed by atoms with Crippen LogP contribution in [0, 0.1) is 0 Å². The van der Waals surface area contributed by atoms with Gasteiger partial charge in [0.05, 0.1) is 6.54 Å². The van der Waals surface area contributed by atoms with Crippen molar-refractivity contribution >= 4 is 5.82 Å². The molecular weight excluding hydrogens is 210 g/mol. The highest BCUT2D eigenvalue weighted by molar-refractivity contribution is 5.24. The van der Waals surface area contributed by atoms with E-state index in [9.17, 15) is 0 Å². The molecule has 0 aliphatic rings. The van der Waals surface area contributed by atoms with Crippen LogP contribution in [-0.4, -0.2) is 9.78 Å². The quantitative estimate of drug-likeness (QED) is 0.861. The third-order valence-corrected chi connectivity index (χ3v) is 1.85. The number of benzene rings is 1. The first-order chi connectivity index (χ1) is 8.34. The van der Waals surface area contributed by atoms with Crippen molar-refractivity contribution in [1.82, 2.24) is 9.78 Å². The van der Waals surface area contributed by atoms with Gasteiger partial charge in [-0.15, -0.1) is 0 Å². The number of nitrogens with two attached hydrogens (primary N) is 1. The summed E-state index contributed by atoms with van der Waals surface area (Å²) in [5, 5.41) is 4.10. The molecule has 17 heavy (non-hydrogen) atoms. The molecule has 0 aliphatic heterocycles. The summed E-state index contributed by atoms with van der Waals surface area (Å²) in [6, 6.07) is 12.0. The fourth-order valence-electron chi connectivity index (χ4n) is 1.24. The Balaban J connectivity index is 0.000000581. The minimum atomic E-state index is 0.566. The van der Waals surface area contributed by atoms with Crippen LogP contribution in [0.1, 0.15) is 33.3 Å². The zero-order valence-electron chi connectivity index (χ0n) is 11.2. The maximum Gasteiger partial charge on any atom is 0.145 e. The standard InChI is InChI=1S/C10H11N3.2C2H6/c11-10-6-7-13(12-10)8-9-4-2-1-3-5-9;2*1-2/h1-7H,8H2,(H2,11,12);2*1-2H3. The molecule has 1 aromatic carbocycles. The van der Waals surface area contributed by atoms with Gasteiger partial charge >= 0.3 is 0 Å². The Morgan fingerprint density at radius 3 is 2.06 bits per heavy atom. The van der Waals surface area contributed by atoms with Crippen LogP contribution >= 0.6 is 0 Å². The first-order valence-corrected chi connectivity index (χ1v) is 6.17. The summed E-state index contributed by atoms with van der Waals surface area (Å²) in [6.07, 6.45) is 1.88. The summed E-state index contributed by atoms with van der Waals surface area (Å²) >= 11 is 0. The van der Waals surface area contributed by atoms with E-state index in [4.69, 9.17) is 5.73 Å².